The van der Waals surface area contributed by atoms with Gasteiger partial charge in [-0.1, -0.05) is 38.5 Å². The van der Waals surface area contributed by atoms with Gasteiger partial charge in [-0.25, -0.2) is 0 Å². The summed E-state index contributed by atoms with van der Waals surface area (Å²) in [7, 11) is 0. The highest BCUT2D eigenvalue weighted by atomic mass is 32.2. The van der Waals surface area contributed by atoms with Crippen molar-refractivity contribution in [1.29, 1.82) is 5.26 Å². The van der Waals surface area contributed by atoms with Gasteiger partial charge in [0.1, 0.15) is 0 Å². The molecule has 0 heterocycles. The van der Waals surface area contributed by atoms with Crippen molar-refractivity contribution in [3.63, 3.8) is 0 Å². The van der Waals surface area contributed by atoms with Crippen molar-refractivity contribution in [2.75, 3.05) is 6.26 Å². The molecule has 0 radical (unpaired) electrons. The van der Waals surface area contributed by atoms with Crippen LogP contribution in [0.1, 0.15) is 33.1 Å². The molecule has 1 aliphatic carbocycles. The van der Waals surface area contributed by atoms with Crippen LogP contribution in [-0.4, -0.2) is 17.5 Å². The van der Waals surface area contributed by atoms with Crippen molar-refractivity contribution in [3.8, 4) is 6.19 Å². The van der Waals surface area contributed by atoms with E-state index >= 15 is 0 Å². The van der Waals surface area contributed by atoms with Crippen molar-refractivity contribution in [2.45, 2.75) is 39.2 Å². The van der Waals surface area contributed by atoms with Gasteiger partial charge in [-0.05, 0) is 24.5 Å². The fourth-order valence-corrected chi connectivity index (χ4v) is 2.46. The molecule has 3 unspecified atom stereocenters. The second kappa shape index (κ2) is 6.02. The lowest BCUT2D eigenvalue weighted by molar-refractivity contribution is 0.241. The second-order valence-electron chi connectivity index (χ2n) is 4.21. The SMILES string of the molecule is CSC(=NC1CCCC(C)C1C)NC#N. The Morgan fingerprint density at radius 3 is 2.80 bits per heavy atom. The van der Waals surface area contributed by atoms with Crippen LogP contribution in [0.25, 0.3) is 0 Å². The first-order chi connectivity index (χ1) is 7.19. The van der Waals surface area contributed by atoms with Crippen LogP contribution in [-0.2, 0) is 0 Å². The van der Waals surface area contributed by atoms with E-state index < -0.39 is 0 Å². The molecule has 0 amide bonds. The minimum atomic E-state index is 0.386. The molecule has 3 atom stereocenters. The average molecular weight is 225 g/mol. The van der Waals surface area contributed by atoms with Crippen molar-refractivity contribution >= 4 is 16.9 Å². The molecule has 1 saturated carbocycles. The molecule has 1 N–H and O–H groups in total. The molecular weight excluding hydrogens is 206 g/mol. The maximum atomic E-state index is 8.56. The van der Waals surface area contributed by atoms with Crippen LogP contribution in [0, 0.1) is 23.3 Å². The lowest BCUT2D eigenvalue weighted by atomic mass is 9.78. The highest BCUT2D eigenvalue weighted by Crippen LogP contribution is 2.31. The molecule has 84 valence electrons. The molecule has 4 heteroatoms. The molecule has 0 aromatic rings. The van der Waals surface area contributed by atoms with E-state index in [4.69, 9.17) is 5.26 Å². The first kappa shape index (κ1) is 12.4. The number of nitrogens with zero attached hydrogens (tertiary/aromatic N) is 2. The monoisotopic (exact) mass is 225 g/mol. The van der Waals surface area contributed by atoms with Crippen LogP contribution in [0.3, 0.4) is 0 Å². The molecule has 0 spiro atoms. The normalized spacial score (nSPS) is 32.1. The third-order valence-electron chi connectivity index (χ3n) is 3.30. The van der Waals surface area contributed by atoms with Gasteiger partial charge in [0.15, 0.2) is 11.4 Å². The highest BCUT2D eigenvalue weighted by molar-refractivity contribution is 8.13. The first-order valence-corrected chi connectivity index (χ1v) is 6.68. The van der Waals surface area contributed by atoms with E-state index in [-0.39, 0.29) is 0 Å². The Labute approximate surface area is 96.3 Å². The number of hydrogen-bond donors (Lipinski definition) is 1. The Balaban J connectivity index is 2.65. The lowest BCUT2D eigenvalue weighted by Crippen LogP contribution is -2.29. The fraction of sp³-hybridized carbons (Fsp3) is 0.818. The zero-order valence-electron chi connectivity index (χ0n) is 9.66. The number of nitriles is 1. The Morgan fingerprint density at radius 1 is 1.47 bits per heavy atom. The van der Waals surface area contributed by atoms with E-state index in [0.29, 0.717) is 12.0 Å². The van der Waals surface area contributed by atoms with Gasteiger partial charge < -0.3 is 0 Å². The number of thioether (sulfide) groups is 1. The van der Waals surface area contributed by atoms with Crippen LogP contribution < -0.4 is 5.32 Å². The Morgan fingerprint density at radius 2 is 2.20 bits per heavy atom. The molecule has 0 saturated heterocycles. The first-order valence-electron chi connectivity index (χ1n) is 5.46. The molecule has 1 fully saturated rings. The van der Waals surface area contributed by atoms with Gasteiger partial charge >= 0.3 is 0 Å². The summed E-state index contributed by atoms with van der Waals surface area (Å²) in [5.74, 6) is 1.37. The Hall–Kier alpha value is -0.690. The summed E-state index contributed by atoms with van der Waals surface area (Å²) in [6, 6.07) is 0.386. The zero-order valence-corrected chi connectivity index (χ0v) is 10.5. The molecular formula is C11H19N3S. The number of rotatable bonds is 1. The Kier molecular flexibility index (Phi) is 4.97. The topological polar surface area (TPSA) is 48.2 Å². The fourth-order valence-electron chi connectivity index (χ4n) is 2.07. The van der Waals surface area contributed by atoms with Crippen LogP contribution in [0.2, 0.25) is 0 Å². The van der Waals surface area contributed by atoms with E-state index in [1.54, 1.807) is 0 Å². The number of hydrogen-bond acceptors (Lipinski definition) is 3. The van der Waals surface area contributed by atoms with E-state index in [2.05, 4.69) is 24.2 Å². The van der Waals surface area contributed by atoms with Crippen molar-refractivity contribution in [3.05, 3.63) is 0 Å². The van der Waals surface area contributed by atoms with Gasteiger partial charge in [0.05, 0.1) is 6.04 Å². The Bertz CT molecular complexity index is 269. The van der Waals surface area contributed by atoms with Crippen molar-refractivity contribution in [1.82, 2.24) is 5.32 Å². The summed E-state index contributed by atoms with van der Waals surface area (Å²) < 4.78 is 0. The zero-order chi connectivity index (χ0) is 11.3. The maximum Gasteiger partial charge on any atom is 0.183 e. The van der Waals surface area contributed by atoms with Gasteiger partial charge in [-0.15, -0.1) is 0 Å². The van der Waals surface area contributed by atoms with Gasteiger partial charge in [0.2, 0.25) is 0 Å². The average Bonchev–Trinajstić information content (AvgIpc) is 2.24. The van der Waals surface area contributed by atoms with E-state index in [1.807, 2.05) is 12.4 Å². The van der Waals surface area contributed by atoms with Crippen LogP contribution in [0.5, 0.6) is 0 Å². The maximum absolute atomic E-state index is 8.56. The molecule has 1 rings (SSSR count). The van der Waals surface area contributed by atoms with Crippen molar-refractivity contribution in [2.24, 2.45) is 16.8 Å². The third-order valence-corrected chi connectivity index (χ3v) is 3.90. The summed E-state index contributed by atoms with van der Waals surface area (Å²) in [6.07, 6.45) is 7.60. The van der Waals surface area contributed by atoms with Crippen LogP contribution in [0.15, 0.2) is 4.99 Å². The molecule has 0 aromatic carbocycles. The quantitative estimate of drug-likeness (QED) is 0.323. The molecule has 0 aromatic heterocycles. The predicted octanol–water partition coefficient (Wildman–Crippen LogP) is 2.60. The molecule has 0 aliphatic heterocycles. The summed E-state index contributed by atoms with van der Waals surface area (Å²) in [6.45, 7) is 4.56. The van der Waals surface area contributed by atoms with Crippen LogP contribution in [0.4, 0.5) is 0 Å². The summed E-state index contributed by atoms with van der Waals surface area (Å²) >= 11 is 1.51. The van der Waals surface area contributed by atoms with Gasteiger partial charge in [-0.2, -0.15) is 5.26 Å². The smallest absolute Gasteiger partial charge is 0.183 e. The van der Waals surface area contributed by atoms with Gasteiger partial charge in [-0.3, -0.25) is 10.3 Å². The largest absolute Gasteiger partial charge is 0.272 e. The standard InChI is InChI=1S/C11H19N3S/c1-8-5-4-6-10(9(8)2)14-11(15-3)13-7-12/h8-10H,4-6H2,1-3H3,(H,13,14). The van der Waals surface area contributed by atoms with Crippen molar-refractivity contribution < 1.29 is 0 Å². The number of nitrogens with one attached hydrogen (secondary N) is 1. The summed E-state index contributed by atoms with van der Waals surface area (Å²) in [5.41, 5.74) is 0. The summed E-state index contributed by atoms with van der Waals surface area (Å²) in [4.78, 5) is 4.62. The molecule has 3 nitrogen and oxygen atoms in total. The minimum Gasteiger partial charge on any atom is -0.272 e. The number of amidine groups is 1. The van der Waals surface area contributed by atoms with Gasteiger partial charge in [0.25, 0.3) is 0 Å². The molecule has 1 aliphatic rings. The second-order valence-corrected chi connectivity index (χ2v) is 5.00. The lowest BCUT2D eigenvalue weighted by Gasteiger charge is -2.31. The van der Waals surface area contributed by atoms with E-state index in [9.17, 15) is 0 Å². The molecule has 0 bridgehead atoms. The third kappa shape index (κ3) is 3.42. The predicted molar refractivity (Wildman–Crippen MR) is 65.7 cm³/mol. The summed E-state index contributed by atoms with van der Waals surface area (Å²) in [5, 5.41) is 11.9. The highest BCUT2D eigenvalue weighted by Gasteiger charge is 2.26. The number of aliphatic imine (C=N–C) groups is 1. The van der Waals surface area contributed by atoms with Crippen LogP contribution >= 0.6 is 11.8 Å². The minimum absolute atomic E-state index is 0.386. The van der Waals surface area contributed by atoms with Gasteiger partial charge in [0, 0.05) is 0 Å². The van der Waals surface area contributed by atoms with E-state index in [1.165, 1.54) is 24.6 Å². The molecule has 15 heavy (non-hydrogen) atoms. The van der Waals surface area contributed by atoms with E-state index in [0.717, 1.165) is 17.5 Å².